The molecule has 3 nitrogen and oxygen atoms in total. The Morgan fingerprint density at radius 2 is 2.10 bits per heavy atom. The number of nitrogens with one attached hydrogen (secondary N) is 2. The lowest BCUT2D eigenvalue weighted by molar-refractivity contribution is 0.102. The number of carbonyl (C=O) groups excluding carboxylic acids is 1. The molecule has 2 N–H and O–H groups in total. The third-order valence-corrected chi connectivity index (χ3v) is 4.38. The number of anilines is 2. The summed E-state index contributed by atoms with van der Waals surface area (Å²) >= 11 is 8.07. The van der Waals surface area contributed by atoms with Gasteiger partial charge in [0.1, 0.15) is 0 Å². The average Bonchev–Trinajstić information content (AvgIpc) is 2.89. The predicted molar refractivity (Wildman–Crippen MR) is 90.8 cm³/mol. The third-order valence-electron chi connectivity index (χ3n) is 3.26. The molecular weight excluding hydrogens is 387 g/mol. The largest absolute Gasteiger partial charge is 0.384 e. The number of rotatable bonds is 2. The molecule has 0 unspecified atom stereocenters. The van der Waals surface area contributed by atoms with Crippen LogP contribution in [0.25, 0.3) is 0 Å². The highest BCUT2D eigenvalue weighted by Crippen LogP contribution is 2.25. The van der Waals surface area contributed by atoms with Crippen molar-refractivity contribution in [3.63, 3.8) is 0 Å². The number of carbonyl (C=O) groups is 1. The fourth-order valence-corrected chi connectivity index (χ4v) is 3.24. The van der Waals surface area contributed by atoms with Crippen molar-refractivity contribution in [2.24, 2.45) is 0 Å². The molecular formula is C15H12ClIN2O. The predicted octanol–water partition coefficient (Wildman–Crippen LogP) is 4.16. The molecule has 3 rings (SSSR count). The molecule has 0 aliphatic carbocycles. The molecule has 0 fully saturated rings. The Labute approximate surface area is 135 Å². The first-order valence-electron chi connectivity index (χ1n) is 6.27. The number of halogens is 2. The van der Waals surface area contributed by atoms with Crippen LogP contribution in [0.2, 0.25) is 5.02 Å². The molecule has 1 amide bonds. The molecule has 0 radical (unpaired) electrons. The van der Waals surface area contributed by atoms with Gasteiger partial charge >= 0.3 is 0 Å². The van der Waals surface area contributed by atoms with E-state index in [-0.39, 0.29) is 5.91 Å². The van der Waals surface area contributed by atoms with Crippen molar-refractivity contribution in [2.75, 3.05) is 17.2 Å². The smallest absolute Gasteiger partial charge is 0.255 e. The van der Waals surface area contributed by atoms with Gasteiger partial charge in [0, 0.05) is 26.4 Å². The Balaban J connectivity index is 1.82. The summed E-state index contributed by atoms with van der Waals surface area (Å²) in [5.41, 5.74) is 3.78. The fourth-order valence-electron chi connectivity index (χ4n) is 2.23. The van der Waals surface area contributed by atoms with Gasteiger partial charge in [-0.2, -0.15) is 0 Å². The molecule has 1 aliphatic rings. The van der Waals surface area contributed by atoms with Crippen molar-refractivity contribution >= 4 is 51.5 Å². The zero-order valence-electron chi connectivity index (χ0n) is 10.5. The van der Waals surface area contributed by atoms with Crippen molar-refractivity contribution in [3.05, 3.63) is 56.1 Å². The lowest BCUT2D eigenvalue weighted by Crippen LogP contribution is -2.13. The SMILES string of the molecule is O=C(Nc1ccc(Cl)cc1I)c1ccc2c(c1)CCN2. The van der Waals surface area contributed by atoms with Crippen molar-refractivity contribution in [1.29, 1.82) is 0 Å². The maximum Gasteiger partial charge on any atom is 0.255 e. The summed E-state index contributed by atoms with van der Waals surface area (Å²) in [4.78, 5) is 12.3. The van der Waals surface area contributed by atoms with Gasteiger partial charge in [-0.1, -0.05) is 11.6 Å². The minimum absolute atomic E-state index is 0.0973. The quantitative estimate of drug-likeness (QED) is 0.746. The van der Waals surface area contributed by atoms with Gasteiger partial charge in [0.25, 0.3) is 5.91 Å². The van der Waals surface area contributed by atoms with Crippen LogP contribution in [0.3, 0.4) is 0 Å². The van der Waals surface area contributed by atoms with Gasteiger partial charge in [-0.15, -0.1) is 0 Å². The van der Waals surface area contributed by atoms with Gasteiger partial charge in [-0.25, -0.2) is 0 Å². The highest BCUT2D eigenvalue weighted by Gasteiger charge is 2.14. The average molecular weight is 399 g/mol. The molecule has 102 valence electrons. The van der Waals surface area contributed by atoms with Crippen LogP contribution in [0.5, 0.6) is 0 Å². The number of fused-ring (bicyclic) bond motifs is 1. The molecule has 20 heavy (non-hydrogen) atoms. The van der Waals surface area contributed by atoms with Crippen molar-refractivity contribution in [2.45, 2.75) is 6.42 Å². The fraction of sp³-hybridized carbons (Fsp3) is 0.133. The Morgan fingerprint density at radius 3 is 2.90 bits per heavy atom. The lowest BCUT2D eigenvalue weighted by Gasteiger charge is -2.09. The van der Waals surface area contributed by atoms with Gasteiger partial charge < -0.3 is 10.6 Å². The van der Waals surface area contributed by atoms with Gasteiger partial charge in [-0.05, 0) is 71.0 Å². The van der Waals surface area contributed by atoms with E-state index in [4.69, 9.17) is 11.6 Å². The molecule has 2 aromatic carbocycles. The topological polar surface area (TPSA) is 41.1 Å². The molecule has 5 heteroatoms. The van der Waals surface area contributed by atoms with Gasteiger partial charge in [-0.3, -0.25) is 4.79 Å². The second-order valence-electron chi connectivity index (χ2n) is 4.63. The molecule has 2 aromatic rings. The molecule has 0 saturated carbocycles. The molecule has 0 aromatic heterocycles. The van der Waals surface area contributed by atoms with Crippen LogP contribution in [0.1, 0.15) is 15.9 Å². The van der Waals surface area contributed by atoms with E-state index in [1.807, 2.05) is 30.3 Å². The van der Waals surface area contributed by atoms with E-state index in [1.54, 1.807) is 6.07 Å². The minimum atomic E-state index is -0.0973. The second kappa shape index (κ2) is 5.61. The zero-order valence-corrected chi connectivity index (χ0v) is 13.5. The highest BCUT2D eigenvalue weighted by atomic mass is 127. The first-order chi connectivity index (χ1) is 9.63. The molecule has 0 spiro atoms. The second-order valence-corrected chi connectivity index (χ2v) is 6.23. The van der Waals surface area contributed by atoms with Gasteiger partial charge in [0.05, 0.1) is 5.69 Å². The third kappa shape index (κ3) is 2.76. The first-order valence-corrected chi connectivity index (χ1v) is 7.72. The van der Waals surface area contributed by atoms with Crippen LogP contribution < -0.4 is 10.6 Å². The first kappa shape index (κ1) is 13.7. The number of hydrogen-bond donors (Lipinski definition) is 2. The summed E-state index contributed by atoms with van der Waals surface area (Å²) in [5.74, 6) is -0.0973. The normalized spacial score (nSPS) is 12.7. The minimum Gasteiger partial charge on any atom is -0.384 e. The van der Waals surface area contributed by atoms with Crippen LogP contribution in [-0.4, -0.2) is 12.5 Å². The van der Waals surface area contributed by atoms with Crippen LogP contribution in [0, 0.1) is 3.57 Å². The van der Waals surface area contributed by atoms with Crippen molar-refractivity contribution < 1.29 is 4.79 Å². The number of hydrogen-bond acceptors (Lipinski definition) is 2. The summed E-state index contributed by atoms with van der Waals surface area (Å²) in [6, 6.07) is 11.2. The molecule has 1 heterocycles. The van der Waals surface area contributed by atoms with Gasteiger partial charge in [0.2, 0.25) is 0 Å². The molecule has 0 atom stereocenters. The summed E-state index contributed by atoms with van der Waals surface area (Å²) < 4.78 is 0.922. The molecule has 0 saturated heterocycles. The van der Waals surface area contributed by atoms with Crippen LogP contribution in [-0.2, 0) is 6.42 Å². The van der Waals surface area contributed by atoms with E-state index in [9.17, 15) is 4.79 Å². The summed E-state index contributed by atoms with van der Waals surface area (Å²) in [7, 11) is 0. The molecule has 0 bridgehead atoms. The Morgan fingerprint density at radius 1 is 1.25 bits per heavy atom. The maximum absolute atomic E-state index is 12.3. The molecule has 1 aliphatic heterocycles. The Kier molecular flexibility index (Phi) is 3.85. The number of benzene rings is 2. The summed E-state index contributed by atoms with van der Waals surface area (Å²) in [6.07, 6.45) is 0.967. The van der Waals surface area contributed by atoms with E-state index < -0.39 is 0 Å². The van der Waals surface area contributed by atoms with Crippen LogP contribution in [0.4, 0.5) is 11.4 Å². The highest BCUT2D eigenvalue weighted by molar-refractivity contribution is 14.1. The zero-order chi connectivity index (χ0) is 14.1. The van der Waals surface area contributed by atoms with E-state index >= 15 is 0 Å². The van der Waals surface area contributed by atoms with E-state index in [0.29, 0.717) is 10.6 Å². The summed E-state index contributed by atoms with van der Waals surface area (Å²) in [6.45, 7) is 0.940. The Hall–Kier alpha value is -1.27. The maximum atomic E-state index is 12.3. The lowest BCUT2D eigenvalue weighted by atomic mass is 10.1. The van der Waals surface area contributed by atoms with Gasteiger partial charge in [0.15, 0.2) is 0 Å². The summed E-state index contributed by atoms with van der Waals surface area (Å²) in [5, 5.41) is 6.87. The number of amides is 1. The monoisotopic (exact) mass is 398 g/mol. The standard InChI is InChI=1S/C15H12ClIN2O/c16-11-2-4-14(12(17)8-11)19-15(20)10-1-3-13-9(7-10)5-6-18-13/h1-4,7-8,18H,5-6H2,(H,19,20). The van der Waals surface area contributed by atoms with Crippen molar-refractivity contribution in [1.82, 2.24) is 0 Å². The van der Waals surface area contributed by atoms with Crippen LogP contribution in [0.15, 0.2) is 36.4 Å². The van der Waals surface area contributed by atoms with E-state index in [2.05, 4.69) is 33.2 Å². The van der Waals surface area contributed by atoms with E-state index in [1.165, 1.54) is 5.56 Å². The van der Waals surface area contributed by atoms with E-state index in [0.717, 1.165) is 27.9 Å². The van der Waals surface area contributed by atoms with Crippen LogP contribution >= 0.6 is 34.2 Å². The Bertz CT molecular complexity index is 688. The van der Waals surface area contributed by atoms with Crippen molar-refractivity contribution in [3.8, 4) is 0 Å².